The van der Waals surface area contributed by atoms with Gasteiger partial charge in [0.05, 0.1) is 10.0 Å². The number of hydrogen-bond donors (Lipinski definition) is 1. The van der Waals surface area contributed by atoms with Crippen molar-refractivity contribution in [1.29, 1.82) is 0 Å². The molecule has 1 N–H and O–H groups in total. The quantitative estimate of drug-likeness (QED) is 0.867. The van der Waals surface area contributed by atoms with E-state index in [0.717, 1.165) is 25.0 Å². The van der Waals surface area contributed by atoms with E-state index >= 15 is 0 Å². The molecule has 0 aliphatic carbocycles. The SMILES string of the molecule is CNC(CCc1ccccn1)Cc1ccc(Cl)c(Cl)c1. The Hall–Kier alpha value is -1.09. The fraction of sp³-hybridized carbons (Fsp3) is 0.312. The fourth-order valence-electron chi connectivity index (χ4n) is 2.17. The van der Waals surface area contributed by atoms with Crippen LogP contribution in [0.4, 0.5) is 0 Å². The molecule has 106 valence electrons. The Morgan fingerprint density at radius 1 is 1.15 bits per heavy atom. The highest BCUT2D eigenvalue weighted by molar-refractivity contribution is 6.42. The zero-order valence-electron chi connectivity index (χ0n) is 11.4. The van der Waals surface area contributed by atoms with Crippen LogP contribution in [0.1, 0.15) is 17.7 Å². The summed E-state index contributed by atoms with van der Waals surface area (Å²) in [6, 6.07) is 12.2. The van der Waals surface area contributed by atoms with Crippen LogP contribution < -0.4 is 5.32 Å². The van der Waals surface area contributed by atoms with Crippen molar-refractivity contribution in [2.75, 3.05) is 7.05 Å². The number of pyridine rings is 1. The van der Waals surface area contributed by atoms with Crippen LogP contribution in [0.2, 0.25) is 10.0 Å². The van der Waals surface area contributed by atoms with Gasteiger partial charge in [0, 0.05) is 17.9 Å². The first-order valence-electron chi connectivity index (χ1n) is 6.70. The normalized spacial score (nSPS) is 12.3. The molecular weight excluding hydrogens is 291 g/mol. The maximum Gasteiger partial charge on any atom is 0.0595 e. The van der Waals surface area contributed by atoms with Gasteiger partial charge in [0.15, 0.2) is 0 Å². The van der Waals surface area contributed by atoms with E-state index in [1.807, 2.05) is 43.6 Å². The first-order valence-corrected chi connectivity index (χ1v) is 7.45. The van der Waals surface area contributed by atoms with Crippen molar-refractivity contribution < 1.29 is 0 Å². The maximum absolute atomic E-state index is 6.05. The molecule has 0 aliphatic heterocycles. The van der Waals surface area contributed by atoms with E-state index in [-0.39, 0.29) is 0 Å². The van der Waals surface area contributed by atoms with E-state index in [0.29, 0.717) is 16.1 Å². The third-order valence-corrected chi connectivity index (χ3v) is 4.09. The van der Waals surface area contributed by atoms with Gasteiger partial charge in [-0.15, -0.1) is 0 Å². The second-order valence-corrected chi connectivity index (χ2v) is 5.61. The highest BCUT2D eigenvalue weighted by atomic mass is 35.5. The number of aryl methyl sites for hydroxylation is 1. The summed E-state index contributed by atoms with van der Waals surface area (Å²) in [7, 11) is 1.99. The molecule has 1 aromatic carbocycles. The van der Waals surface area contributed by atoms with Gasteiger partial charge >= 0.3 is 0 Å². The molecule has 4 heteroatoms. The Bertz CT molecular complexity index is 543. The van der Waals surface area contributed by atoms with Gasteiger partial charge in [0.1, 0.15) is 0 Å². The summed E-state index contributed by atoms with van der Waals surface area (Å²) in [4.78, 5) is 4.35. The standard InChI is InChI=1S/C16H18Cl2N2/c1-19-14(7-6-13-4-2-3-9-20-13)10-12-5-8-15(17)16(18)11-12/h2-5,8-9,11,14,19H,6-7,10H2,1H3. The Balaban J connectivity index is 1.93. The third kappa shape index (κ3) is 4.48. The number of likely N-dealkylation sites (N-methyl/N-ethyl adjacent to an activating group) is 1. The van der Waals surface area contributed by atoms with Crippen LogP contribution in [0.25, 0.3) is 0 Å². The van der Waals surface area contributed by atoms with E-state index in [2.05, 4.69) is 16.4 Å². The molecule has 1 atom stereocenters. The summed E-state index contributed by atoms with van der Waals surface area (Å²) in [5.41, 5.74) is 2.32. The molecule has 20 heavy (non-hydrogen) atoms. The van der Waals surface area contributed by atoms with Crippen molar-refractivity contribution in [3.8, 4) is 0 Å². The zero-order valence-corrected chi connectivity index (χ0v) is 13.0. The Morgan fingerprint density at radius 2 is 2.00 bits per heavy atom. The van der Waals surface area contributed by atoms with Crippen LogP contribution >= 0.6 is 23.2 Å². The highest BCUT2D eigenvalue weighted by Crippen LogP contribution is 2.23. The van der Waals surface area contributed by atoms with E-state index < -0.39 is 0 Å². The lowest BCUT2D eigenvalue weighted by Gasteiger charge is -2.16. The predicted octanol–water partition coefficient (Wildman–Crippen LogP) is 4.15. The Labute approximate surface area is 130 Å². The van der Waals surface area contributed by atoms with E-state index in [9.17, 15) is 0 Å². The summed E-state index contributed by atoms with van der Waals surface area (Å²) in [6.45, 7) is 0. The fourth-order valence-corrected chi connectivity index (χ4v) is 2.49. The summed E-state index contributed by atoms with van der Waals surface area (Å²) < 4.78 is 0. The van der Waals surface area contributed by atoms with E-state index in [1.54, 1.807) is 0 Å². The van der Waals surface area contributed by atoms with Crippen molar-refractivity contribution in [2.45, 2.75) is 25.3 Å². The lowest BCUT2D eigenvalue weighted by molar-refractivity contribution is 0.517. The second-order valence-electron chi connectivity index (χ2n) is 4.80. The van der Waals surface area contributed by atoms with Crippen LogP contribution in [-0.2, 0) is 12.8 Å². The number of nitrogens with zero attached hydrogens (tertiary/aromatic N) is 1. The molecule has 0 spiro atoms. The van der Waals surface area contributed by atoms with Gasteiger partial charge in [0.25, 0.3) is 0 Å². The minimum absolute atomic E-state index is 0.397. The highest BCUT2D eigenvalue weighted by Gasteiger charge is 2.09. The van der Waals surface area contributed by atoms with Crippen LogP contribution in [0.3, 0.4) is 0 Å². The molecule has 0 bridgehead atoms. The van der Waals surface area contributed by atoms with Crippen LogP contribution in [0.15, 0.2) is 42.6 Å². The molecule has 1 unspecified atom stereocenters. The van der Waals surface area contributed by atoms with Crippen molar-refractivity contribution in [2.24, 2.45) is 0 Å². The largest absolute Gasteiger partial charge is 0.317 e. The average molecular weight is 309 g/mol. The molecule has 0 fully saturated rings. The van der Waals surface area contributed by atoms with Crippen molar-refractivity contribution in [3.05, 3.63) is 63.9 Å². The summed E-state index contributed by atoms with van der Waals surface area (Å²) in [5.74, 6) is 0. The minimum atomic E-state index is 0.397. The number of aromatic nitrogens is 1. The average Bonchev–Trinajstić information content (AvgIpc) is 2.48. The van der Waals surface area contributed by atoms with Gasteiger partial charge in [-0.25, -0.2) is 0 Å². The molecule has 1 heterocycles. The number of halogens is 2. The molecule has 0 aliphatic rings. The zero-order chi connectivity index (χ0) is 14.4. The van der Waals surface area contributed by atoms with Crippen LogP contribution in [-0.4, -0.2) is 18.1 Å². The van der Waals surface area contributed by atoms with Gasteiger partial charge in [-0.05, 0) is 56.1 Å². The van der Waals surface area contributed by atoms with Crippen LogP contribution in [0.5, 0.6) is 0 Å². The number of nitrogens with one attached hydrogen (secondary N) is 1. The van der Waals surface area contributed by atoms with Gasteiger partial charge < -0.3 is 5.32 Å². The molecular formula is C16H18Cl2N2. The predicted molar refractivity (Wildman–Crippen MR) is 85.6 cm³/mol. The van der Waals surface area contributed by atoms with Crippen LogP contribution in [0, 0.1) is 0 Å². The number of hydrogen-bond acceptors (Lipinski definition) is 2. The van der Waals surface area contributed by atoms with Crippen molar-refractivity contribution in [1.82, 2.24) is 10.3 Å². The molecule has 2 nitrogen and oxygen atoms in total. The molecule has 1 aromatic heterocycles. The van der Waals surface area contributed by atoms with Crippen molar-refractivity contribution >= 4 is 23.2 Å². The molecule has 2 rings (SSSR count). The lowest BCUT2D eigenvalue weighted by Crippen LogP contribution is -2.28. The second kappa shape index (κ2) is 7.63. The summed E-state index contributed by atoms with van der Waals surface area (Å²) in [6.07, 6.45) is 4.77. The molecule has 2 aromatic rings. The molecule has 0 saturated carbocycles. The third-order valence-electron chi connectivity index (χ3n) is 3.35. The lowest BCUT2D eigenvalue weighted by atomic mass is 10.0. The summed E-state index contributed by atoms with van der Waals surface area (Å²) in [5, 5.41) is 4.57. The van der Waals surface area contributed by atoms with Gasteiger partial charge in [-0.2, -0.15) is 0 Å². The summed E-state index contributed by atoms with van der Waals surface area (Å²) >= 11 is 12.0. The number of benzene rings is 1. The van der Waals surface area contributed by atoms with Gasteiger partial charge in [-0.1, -0.05) is 35.3 Å². The van der Waals surface area contributed by atoms with Crippen molar-refractivity contribution in [3.63, 3.8) is 0 Å². The topological polar surface area (TPSA) is 24.9 Å². The van der Waals surface area contributed by atoms with E-state index in [4.69, 9.17) is 23.2 Å². The Morgan fingerprint density at radius 3 is 2.65 bits per heavy atom. The smallest absolute Gasteiger partial charge is 0.0595 e. The maximum atomic E-state index is 6.05. The first kappa shape index (κ1) is 15.3. The molecule has 0 saturated heterocycles. The minimum Gasteiger partial charge on any atom is -0.317 e. The van der Waals surface area contributed by atoms with Gasteiger partial charge in [0.2, 0.25) is 0 Å². The van der Waals surface area contributed by atoms with E-state index in [1.165, 1.54) is 5.56 Å². The molecule has 0 amide bonds. The first-order chi connectivity index (χ1) is 9.69. The van der Waals surface area contributed by atoms with Gasteiger partial charge in [-0.3, -0.25) is 4.98 Å². The number of rotatable bonds is 6. The monoisotopic (exact) mass is 308 g/mol. The molecule has 0 radical (unpaired) electrons. The Kier molecular flexibility index (Phi) is 5.84.